The van der Waals surface area contributed by atoms with Crippen LogP contribution < -0.4 is 16.4 Å². The molecular weight excluding hydrogens is 386 g/mol. The van der Waals surface area contributed by atoms with Crippen molar-refractivity contribution in [1.29, 1.82) is 5.26 Å². The molecule has 1 aromatic heterocycles. The average Bonchev–Trinajstić information content (AvgIpc) is 3.13. The van der Waals surface area contributed by atoms with Crippen molar-refractivity contribution in [3.8, 4) is 11.8 Å². The molecule has 3 rings (SSSR count). The summed E-state index contributed by atoms with van der Waals surface area (Å²) in [5, 5.41) is 20.9. The number of para-hydroxylation sites is 1. The number of rotatable bonds is 9. The fraction of sp³-hybridized carbons (Fsp3) is 0.458. The van der Waals surface area contributed by atoms with Gasteiger partial charge >= 0.3 is 0 Å². The molecule has 0 amide bonds. The third-order valence-corrected chi connectivity index (χ3v) is 5.42. The monoisotopic (exact) mass is 419 g/mol. The van der Waals surface area contributed by atoms with Crippen LogP contribution in [0.2, 0.25) is 0 Å². The highest BCUT2D eigenvalue weighted by molar-refractivity contribution is 5.79. The molecule has 0 saturated heterocycles. The molecule has 0 saturated carbocycles. The quantitative estimate of drug-likeness (QED) is 0.249. The van der Waals surface area contributed by atoms with Gasteiger partial charge in [0.2, 0.25) is 0 Å². The average molecular weight is 420 g/mol. The van der Waals surface area contributed by atoms with Gasteiger partial charge in [-0.05, 0) is 64.0 Å². The second-order valence-electron chi connectivity index (χ2n) is 7.72. The standard InChI is InChI=1S/C24H33N7/c1-2-27-24(29-17-15-19-10-5-3-6-11-19)28-16-9-14-22-21(18-25)23(26)31(30-22)20-12-7-4-8-13-20/h4,7-8,10,12-13H,2-3,5-6,9,11,14-17,26H2,1H3,(H2,27,28,29). The fourth-order valence-corrected chi connectivity index (χ4v) is 3.79. The molecule has 7 heteroatoms. The lowest BCUT2D eigenvalue weighted by atomic mass is 9.97. The first-order chi connectivity index (χ1) is 15.2. The number of anilines is 1. The highest BCUT2D eigenvalue weighted by Crippen LogP contribution is 2.21. The zero-order valence-electron chi connectivity index (χ0n) is 18.4. The van der Waals surface area contributed by atoms with Gasteiger partial charge in [-0.1, -0.05) is 29.8 Å². The Morgan fingerprint density at radius 2 is 2.06 bits per heavy atom. The van der Waals surface area contributed by atoms with Crippen LogP contribution in [0.4, 0.5) is 5.82 Å². The van der Waals surface area contributed by atoms with Crippen molar-refractivity contribution < 1.29 is 0 Å². The van der Waals surface area contributed by atoms with Gasteiger partial charge in [0, 0.05) is 19.6 Å². The minimum absolute atomic E-state index is 0.388. The van der Waals surface area contributed by atoms with E-state index in [0.717, 1.165) is 43.3 Å². The summed E-state index contributed by atoms with van der Waals surface area (Å²) >= 11 is 0. The van der Waals surface area contributed by atoms with Gasteiger partial charge in [0.1, 0.15) is 17.5 Å². The Bertz CT molecular complexity index is 935. The van der Waals surface area contributed by atoms with Crippen LogP contribution in [0.15, 0.2) is 47.0 Å². The van der Waals surface area contributed by atoms with E-state index in [2.05, 4.69) is 39.8 Å². The molecule has 1 heterocycles. The summed E-state index contributed by atoms with van der Waals surface area (Å²) in [5.74, 6) is 1.23. The van der Waals surface area contributed by atoms with Crippen molar-refractivity contribution in [2.45, 2.75) is 51.9 Å². The number of nitrogens with two attached hydrogens (primary N) is 1. The SMILES string of the molecule is CCNC(=NCCCc1nn(-c2ccccc2)c(N)c1C#N)NCCC1=CCCCC1. The summed E-state index contributed by atoms with van der Waals surface area (Å²) in [4.78, 5) is 4.68. The summed E-state index contributed by atoms with van der Waals surface area (Å²) in [7, 11) is 0. The van der Waals surface area contributed by atoms with Gasteiger partial charge in [-0.2, -0.15) is 10.4 Å². The molecule has 4 N–H and O–H groups in total. The first kappa shape index (κ1) is 22.4. The van der Waals surface area contributed by atoms with E-state index in [1.54, 1.807) is 10.3 Å². The van der Waals surface area contributed by atoms with Gasteiger partial charge in [-0.25, -0.2) is 4.68 Å². The number of guanidine groups is 1. The molecule has 7 nitrogen and oxygen atoms in total. The number of aromatic nitrogens is 2. The number of benzene rings is 1. The van der Waals surface area contributed by atoms with E-state index in [-0.39, 0.29) is 0 Å². The van der Waals surface area contributed by atoms with Crippen LogP contribution in [-0.4, -0.2) is 35.4 Å². The zero-order valence-corrected chi connectivity index (χ0v) is 18.4. The Kier molecular flexibility index (Phi) is 8.53. The van der Waals surface area contributed by atoms with E-state index >= 15 is 0 Å². The van der Waals surface area contributed by atoms with Crippen molar-refractivity contribution in [3.63, 3.8) is 0 Å². The van der Waals surface area contributed by atoms with E-state index in [0.29, 0.717) is 24.3 Å². The summed E-state index contributed by atoms with van der Waals surface area (Å²) in [6.45, 7) is 4.44. The number of nitrogens with one attached hydrogen (secondary N) is 2. The van der Waals surface area contributed by atoms with Gasteiger partial charge in [-0.3, -0.25) is 4.99 Å². The topological polar surface area (TPSA) is 104 Å². The van der Waals surface area contributed by atoms with E-state index < -0.39 is 0 Å². The lowest BCUT2D eigenvalue weighted by Crippen LogP contribution is -2.38. The van der Waals surface area contributed by atoms with Crippen molar-refractivity contribution in [2.24, 2.45) is 4.99 Å². The predicted molar refractivity (Wildman–Crippen MR) is 126 cm³/mol. The maximum atomic E-state index is 9.54. The smallest absolute Gasteiger partial charge is 0.191 e. The number of allylic oxidation sites excluding steroid dienone is 1. The molecular formula is C24H33N7. The van der Waals surface area contributed by atoms with Crippen LogP contribution in [-0.2, 0) is 6.42 Å². The van der Waals surface area contributed by atoms with Gasteiger partial charge in [-0.15, -0.1) is 0 Å². The summed E-state index contributed by atoms with van der Waals surface area (Å²) in [6, 6.07) is 11.9. The Hall–Kier alpha value is -3.27. The van der Waals surface area contributed by atoms with Gasteiger partial charge < -0.3 is 16.4 Å². The van der Waals surface area contributed by atoms with Crippen LogP contribution in [0.3, 0.4) is 0 Å². The van der Waals surface area contributed by atoms with E-state index in [9.17, 15) is 5.26 Å². The highest BCUT2D eigenvalue weighted by atomic mass is 15.3. The summed E-state index contributed by atoms with van der Waals surface area (Å²) < 4.78 is 1.64. The lowest BCUT2D eigenvalue weighted by Gasteiger charge is -2.15. The first-order valence-electron chi connectivity index (χ1n) is 11.3. The van der Waals surface area contributed by atoms with Gasteiger partial charge in [0.25, 0.3) is 0 Å². The van der Waals surface area contributed by atoms with Crippen LogP contribution in [0, 0.1) is 11.3 Å². The molecule has 0 aliphatic heterocycles. The minimum Gasteiger partial charge on any atom is -0.382 e. The van der Waals surface area contributed by atoms with E-state index in [1.807, 2.05) is 30.3 Å². The maximum Gasteiger partial charge on any atom is 0.191 e. The molecule has 0 atom stereocenters. The number of nitriles is 1. The Labute approximate surface area is 185 Å². The molecule has 1 aromatic carbocycles. The largest absolute Gasteiger partial charge is 0.382 e. The molecule has 1 aliphatic carbocycles. The Morgan fingerprint density at radius 3 is 2.77 bits per heavy atom. The van der Waals surface area contributed by atoms with E-state index in [1.165, 1.54) is 25.7 Å². The predicted octanol–water partition coefficient (Wildman–Crippen LogP) is 3.70. The molecule has 0 unspecified atom stereocenters. The summed E-state index contributed by atoms with van der Waals surface area (Å²) in [6.07, 6.45) is 10.0. The zero-order chi connectivity index (χ0) is 21.9. The number of hydrogen-bond donors (Lipinski definition) is 3. The van der Waals surface area contributed by atoms with Gasteiger partial charge in [0.15, 0.2) is 5.96 Å². The number of hydrogen-bond acceptors (Lipinski definition) is 4. The van der Waals surface area contributed by atoms with Gasteiger partial charge in [0.05, 0.1) is 11.4 Å². The molecule has 0 fully saturated rings. The number of aliphatic imine (C=N–C) groups is 1. The Morgan fingerprint density at radius 1 is 1.23 bits per heavy atom. The molecule has 0 bridgehead atoms. The molecule has 31 heavy (non-hydrogen) atoms. The van der Waals surface area contributed by atoms with Crippen LogP contribution in [0.5, 0.6) is 0 Å². The van der Waals surface area contributed by atoms with Crippen molar-refractivity contribution in [2.75, 3.05) is 25.4 Å². The summed E-state index contributed by atoms with van der Waals surface area (Å²) in [5.41, 5.74) is 9.78. The number of aryl methyl sites for hydroxylation is 1. The van der Waals surface area contributed by atoms with Crippen LogP contribution in [0.1, 0.15) is 56.7 Å². The number of nitrogen functional groups attached to an aromatic ring is 1. The molecule has 1 aliphatic rings. The third kappa shape index (κ3) is 6.35. The molecule has 0 spiro atoms. The highest BCUT2D eigenvalue weighted by Gasteiger charge is 2.16. The maximum absolute atomic E-state index is 9.54. The third-order valence-electron chi connectivity index (χ3n) is 5.42. The second kappa shape index (κ2) is 11.8. The minimum atomic E-state index is 0.388. The number of nitrogens with zero attached hydrogens (tertiary/aromatic N) is 4. The van der Waals surface area contributed by atoms with Crippen molar-refractivity contribution >= 4 is 11.8 Å². The lowest BCUT2D eigenvalue weighted by molar-refractivity contribution is 0.665. The molecule has 164 valence electrons. The van der Waals surface area contributed by atoms with Crippen molar-refractivity contribution in [3.05, 3.63) is 53.2 Å². The normalized spacial score (nSPS) is 14.1. The molecule has 2 aromatic rings. The van der Waals surface area contributed by atoms with Crippen molar-refractivity contribution in [1.82, 2.24) is 20.4 Å². The Balaban J connectivity index is 1.54. The van der Waals surface area contributed by atoms with E-state index in [4.69, 9.17) is 5.73 Å². The fourth-order valence-electron chi connectivity index (χ4n) is 3.79. The molecule has 0 radical (unpaired) electrons. The van der Waals surface area contributed by atoms with Crippen LogP contribution in [0.25, 0.3) is 5.69 Å². The second-order valence-corrected chi connectivity index (χ2v) is 7.72. The first-order valence-corrected chi connectivity index (χ1v) is 11.3. The van der Waals surface area contributed by atoms with Crippen LogP contribution >= 0.6 is 0 Å².